The molecular weight excluding hydrogens is 390 g/mol. The van der Waals surface area contributed by atoms with Gasteiger partial charge < -0.3 is 11.1 Å². The largest absolute Gasteiger partial charge is 0.369 e. The minimum atomic E-state index is -3.81. The average molecular weight is 410 g/mol. The van der Waals surface area contributed by atoms with Gasteiger partial charge in [-0.1, -0.05) is 30.7 Å². The number of benzene rings is 2. The maximum Gasteiger partial charge on any atom is 0.243 e. The molecule has 0 aliphatic carbocycles. The Hall–Kier alpha value is -2.42. The van der Waals surface area contributed by atoms with Gasteiger partial charge in [-0.25, -0.2) is 8.42 Å². The summed E-state index contributed by atoms with van der Waals surface area (Å²) in [6.07, 6.45) is 0.108. The van der Waals surface area contributed by atoms with Crippen LogP contribution in [0.4, 0.5) is 5.69 Å². The summed E-state index contributed by atoms with van der Waals surface area (Å²) >= 11 is 5.79. The SMILES string of the molecule is CCN(CC(=O)Nc1ccc(CC(N)=O)cc1)S(=O)(=O)c1ccc(Cl)cc1. The topological polar surface area (TPSA) is 110 Å². The molecule has 0 fully saturated rings. The van der Waals surface area contributed by atoms with Crippen LogP contribution in [0, 0.1) is 0 Å². The lowest BCUT2D eigenvalue weighted by molar-refractivity contribution is -0.117. The zero-order valence-corrected chi connectivity index (χ0v) is 16.3. The van der Waals surface area contributed by atoms with Crippen molar-refractivity contribution < 1.29 is 18.0 Å². The molecule has 0 unspecified atom stereocenters. The van der Waals surface area contributed by atoms with E-state index in [2.05, 4.69) is 5.32 Å². The number of halogens is 1. The van der Waals surface area contributed by atoms with E-state index in [1.54, 1.807) is 31.2 Å². The van der Waals surface area contributed by atoms with Crippen molar-refractivity contribution in [2.45, 2.75) is 18.2 Å². The van der Waals surface area contributed by atoms with Crippen molar-refractivity contribution in [1.82, 2.24) is 4.31 Å². The summed E-state index contributed by atoms with van der Waals surface area (Å²) in [5.41, 5.74) is 6.35. The predicted molar refractivity (Wildman–Crippen MR) is 104 cm³/mol. The Morgan fingerprint density at radius 1 is 1.07 bits per heavy atom. The van der Waals surface area contributed by atoms with Crippen molar-refractivity contribution >= 4 is 39.1 Å². The Kier molecular flexibility index (Phi) is 6.95. The van der Waals surface area contributed by atoms with E-state index in [0.717, 1.165) is 9.87 Å². The molecule has 2 aromatic rings. The molecule has 0 aromatic heterocycles. The lowest BCUT2D eigenvalue weighted by Gasteiger charge is -2.20. The molecule has 0 saturated heterocycles. The van der Waals surface area contributed by atoms with Crippen LogP contribution in [0.2, 0.25) is 5.02 Å². The molecule has 27 heavy (non-hydrogen) atoms. The van der Waals surface area contributed by atoms with Crippen molar-refractivity contribution in [2.24, 2.45) is 5.73 Å². The highest BCUT2D eigenvalue weighted by molar-refractivity contribution is 7.89. The average Bonchev–Trinajstić information content (AvgIpc) is 2.61. The van der Waals surface area contributed by atoms with Crippen LogP contribution in [0.3, 0.4) is 0 Å². The zero-order valence-electron chi connectivity index (χ0n) is 14.7. The second-order valence-corrected chi connectivity index (χ2v) is 8.15. The summed E-state index contributed by atoms with van der Waals surface area (Å²) in [7, 11) is -3.81. The summed E-state index contributed by atoms with van der Waals surface area (Å²) in [6.45, 7) is 1.46. The molecule has 144 valence electrons. The highest BCUT2D eigenvalue weighted by Gasteiger charge is 2.25. The van der Waals surface area contributed by atoms with E-state index in [0.29, 0.717) is 10.7 Å². The van der Waals surface area contributed by atoms with Crippen molar-refractivity contribution in [1.29, 1.82) is 0 Å². The number of carbonyl (C=O) groups excluding carboxylic acids is 2. The van der Waals surface area contributed by atoms with Crippen LogP contribution in [-0.2, 0) is 26.0 Å². The Balaban J connectivity index is 2.06. The van der Waals surface area contributed by atoms with Gasteiger partial charge in [-0.05, 0) is 42.0 Å². The maximum absolute atomic E-state index is 12.7. The molecule has 2 amide bonds. The Morgan fingerprint density at radius 3 is 2.19 bits per heavy atom. The third-order valence-electron chi connectivity index (χ3n) is 3.74. The molecule has 9 heteroatoms. The standard InChI is InChI=1S/C18H20ClN3O4S/c1-2-22(27(25,26)16-9-5-14(19)6-10-16)12-18(24)21-15-7-3-13(4-8-15)11-17(20)23/h3-10H,2,11-12H2,1H3,(H2,20,23)(H,21,24). The summed E-state index contributed by atoms with van der Waals surface area (Å²) in [4.78, 5) is 23.2. The predicted octanol–water partition coefficient (Wildman–Crippen LogP) is 2.02. The molecule has 0 radical (unpaired) electrons. The first-order valence-corrected chi connectivity index (χ1v) is 9.97. The number of primary amides is 1. The van der Waals surface area contributed by atoms with Gasteiger partial charge in [0.25, 0.3) is 0 Å². The van der Waals surface area contributed by atoms with E-state index < -0.39 is 21.8 Å². The van der Waals surface area contributed by atoms with E-state index in [9.17, 15) is 18.0 Å². The molecule has 0 atom stereocenters. The van der Waals surface area contributed by atoms with Gasteiger partial charge in [-0.3, -0.25) is 9.59 Å². The van der Waals surface area contributed by atoms with Gasteiger partial charge in [-0.15, -0.1) is 0 Å². The van der Waals surface area contributed by atoms with Gasteiger partial charge in [0.1, 0.15) is 0 Å². The van der Waals surface area contributed by atoms with Crippen molar-refractivity contribution in [3.05, 3.63) is 59.1 Å². The molecule has 2 aromatic carbocycles. The van der Waals surface area contributed by atoms with Gasteiger partial charge in [0, 0.05) is 17.3 Å². The number of likely N-dealkylation sites (N-methyl/N-ethyl adjacent to an activating group) is 1. The third kappa shape index (κ3) is 5.78. The van der Waals surface area contributed by atoms with E-state index >= 15 is 0 Å². The molecule has 0 spiro atoms. The van der Waals surface area contributed by atoms with Crippen molar-refractivity contribution in [2.75, 3.05) is 18.4 Å². The Labute approximate surface area is 163 Å². The van der Waals surface area contributed by atoms with Crippen molar-refractivity contribution in [3.8, 4) is 0 Å². The fourth-order valence-corrected chi connectivity index (χ4v) is 3.92. The molecule has 0 aliphatic heterocycles. The molecule has 7 nitrogen and oxygen atoms in total. The van der Waals surface area contributed by atoms with Gasteiger partial charge in [-0.2, -0.15) is 4.31 Å². The number of sulfonamides is 1. The van der Waals surface area contributed by atoms with E-state index in [1.165, 1.54) is 24.3 Å². The molecule has 0 bridgehead atoms. The summed E-state index contributed by atoms with van der Waals surface area (Å²) < 4.78 is 26.4. The quantitative estimate of drug-likeness (QED) is 0.694. The van der Waals surface area contributed by atoms with Crippen LogP contribution in [0.15, 0.2) is 53.4 Å². The number of anilines is 1. The number of nitrogens with two attached hydrogens (primary N) is 1. The van der Waals surface area contributed by atoms with Crippen LogP contribution in [0.1, 0.15) is 12.5 Å². The highest BCUT2D eigenvalue weighted by atomic mass is 35.5. The minimum absolute atomic E-state index is 0.0670. The first-order chi connectivity index (χ1) is 12.7. The lowest BCUT2D eigenvalue weighted by atomic mass is 10.1. The molecule has 3 N–H and O–H groups in total. The van der Waals surface area contributed by atoms with Gasteiger partial charge >= 0.3 is 0 Å². The molecule has 0 heterocycles. The van der Waals surface area contributed by atoms with Crippen LogP contribution in [0.25, 0.3) is 0 Å². The van der Waals surface area contributed by atoms with Crippen LogP contribution in [0.5, 0.6) is 0 Å². The highest BCUT2D eigenvalue weighted by Crippen LogP contribution is 2.18. The fraction of sp³-hybridized carbons (Fsp3) is 0.222. The number of carbonyl (C=O) groups is 2. The zero-order chi connectivity index (χ0) is 20.0. The van der Waals surface area contributed by atoms with Crippen molar-refractivity contribution in [3.63, 3.8) is 0 Å². The van der Waals surface area contributed by atoms with E-state index in [1.807, 2.05) is 0 Å². The fourth-order valence-electron chi connectivity index (χ4n) is 2.39. The molecule has 2 rings (SSSR count). The first-order valence-electron chi connectivity index (χ1n) is 8.15. The Bertz CT molecular complexity index is 913. The van der Waals surface area contributed by atoms with Crippen LogP contribution < -0.4 is 11.1 Å². The number of hydrogen-bond acceptors (Lipinski definition) is 4. The van der Waals surface area contributed by atoms with Gasteiger partial charge in [0.2, 0.25) is 21.8 Å². The summed E-state index contributed by atoms with van der Waals surface area (Å²) in [5, 5.41) is 3.06. The van der Waals surface area contributed by atoms with Crippen LogP contribution >= 0.6 is 11.6 Å². The summed E-state index contributed by atoms with van der Waals surface area (Å²) in [6, 6.07) is 12.3. The molecular formula is C18H20ClN3O4S. The Morgan fingerprint density at radius 2 is 1.67 bits per heavy atom. The second-order valence-electron chi connectivity index (χ2n) is 5.77. The number of amides is 2. The van der Waals surface area contributed by atoms with Gasteiger partial charge in [0.15, 0.2) is 0 Å². The van der Waals surface area contributed by atoms with Gasteiger partial charge in [0.05, 0.1) is 17.9 Å². The molecule has 0 aliphatic rings. The lowest BCUT2D eigenvalue weighted by Crippen LogP contribution is -2.37. The third-order valence-corrected chi connectivity index (χ3v) is 5.93. The summed E-state index contributed by atoms with van der Waals surface area (Å²) in [5.74, 6) is -0.921. The maximum atomic E-state index is 12.7. The normalized spacial score (nSPS) is 11.4. The smallest absolute Gasteiger partial charge is 0.243 e. The van der Waals surface area contributed by atoms with Crippen LogP contribution in [-0.4, -0.2) is 37.6 Å². The number of hydrogen-bond donors (Lipinski definition) is 2. The minimum Gasteiger partial charge on any atom is -0.369 e. The number of rotatable bonds is 8. The second kappa shape index (κ2) is 8.98. The first kappa shape index (κ1) is 20.9. The molecule has 0 saturated carbocycles. The number of nitrogens with zero attached hydrogens (tertiary/aromatic N) is 1. The van der Waals surface area contributed by atoms with E-state index in [4.69, 9.17) is 17.3 Å². The van der Waals surface area contributed by atoms with E-state index in [-0.39, 0.29) is 24.4 Å². The monoisotopic (exact) mass is 409 g/mol. The number of nitrogens with one attached hydrogen (secondary N) is 1.